The maximum Gasteiger partial charge on any atom is 0.252 e. The highest BCUT2D eigenvalue weighted by molar-refractivity contribution is 5.97. The van der Waals surface area contributed by atoms with Gasteiger partial charge in [0.2, 0.25) is 0 Å². The van der Waals surface area contributed by atoms with Gasteiger partial charge in [-0.25, -0.2) is 0 Å². The Morgan fingerprint density at radius 2 is 1.86 bits per heavy atom. The van der Waals surface area contributed by atoms with Crippen LogP contribution in [0.1, 0.15) is 47.2 Å². The molecule has 2 fully saturated rings. The Morgan fingerprint density at radius 1 is 1.07 bits per heavy atom. The van der Waals surface area contributed by atoms with Crippen LogP contribution in [-0.2, 0) is 5.54 Å². The molecule has 3 N–H and O–H groups in total. The van der Waals surface area contributed by atoms with Crippen molar-refractivity contribution in [3.8, 4) is 5.75 Å². The topological polar surface area (TPSA) is 64.3 Å². The second kappa shape index (κ2) is 6.89. The Labute approximate surface area is 171 Å². The molecular formula is C25H26N2O2. The van der Waals surface area contributed by atoms with Crippen LogP contribution >= 0.6 is 0 Å². The van der Waals surface area contributed by atoms with Gasteiger partial charge in [0.15, 0.2) is 0 Å². The smallest absolute Gasteiger partial charge is 0.252 e. The largest absolute Gasteiger partial charge is 0.489 e. The fourth-order valence-corrected chi connectivity index (χ4v) is 4.25. The molecule has 29 heavy (non-hydrogen) atoms. The molecule has 4 heteroatoms. The van der Waals surface area contributed by atoms with Crippen LogP contribution in [-0.4, -0.2) is 18.1 Å². The van der Waals surface area contributed by atoms with Crippen molar-refractivity contribution >= 4 is 16.7 Å². The van der Waals surface area contributed by atoms with Gasteiger partial charge < -0.3 is 15.8 Å². The number of benzene rings is 3. The van der Waals surface area contributed by atoms with E-state index in [0.717, 1.165) is 37.0 Å². The second-order valence-electron chi connectivity index (χ2n) is 8.44. The first-order valence-electron chi connectivity index (χ1n) is 10.4. The zero-order valence-electron chi connectivity index (χ0n) is 16.7. The first-order chi connectivity index (χ1) is 14.1. The Bertz CT molecular complexity index is 1080. The molecule has 3 aromatic rings. The molecule has 2 atom stereocenters. The molecule has 0 aliphatic heterocycles. The third-order valence-electron chi connectivity index (χ3n) is 6.41. The molecule has 2 aliphatic carbocycles. The Kier molecular flexibility index (Phi) is 4.32. The standard InChI is InChI=1S/C25H26N2O2/c1-16-9-10-18(29-23-12-11-22(23)26)15-20(16)24(28)27-25(13-14-25)21-8-4-6-17-5-2-3-7-19(17)21/h2-10,15,22-23H,11-14,26H2,1H3,(H,27,28)/t22-,23+/m0/s1. The number of amides is 1. The van der Waals surface area contributed by atoms with Crippen molar-refractivity contribution in [1.29, 1.82) is 0 Å². The molecule has 0 spiro atoms. The van der Waals surface area contributed by atoms with Gasteiger partial charge in [0.1, 0.15) is 11.9 Å². The normalized spacial score (nSPS) is 22.0. The van der Waals surface area contributed by atoms with E-state index in [0.29, 0.717) is 5.56 Å². The van der Waals surface area contributed by atoms with Crippen molar-refractivity contribution in [3.05, 3.63) is 77.4 Å². The molecule has 0 unspecified atom stereocenters. The summed E-state index contributed by atoms with van der Waals surface area (Å²) in [7, 11) is 0. The van der Waals surface area contributed by atoms with Crippen molar-refractivity contribution in [3.63, 3.8) is 0 Å². The first kappa shape index (κ1) is 18.2. The van der Waals surface area contributed by atoms with Gasteiger partial charge in [-0.15, -0.1) is 0 Å². The molecule has 2 saturated carbocycles. The summed E-state index contributed by atoms with van der Waals surface area (Å²) in [6, 6.07) is 20.5. The zero-order valence-corrected chi connectivity index (χ0v) is 16.7. The van der Waals surface area contributed by atoms with E-state index in [1.165, 1.54) is 16.3 Å². The summed E-state index contributed by atoms with van der Waals surface area (Å²) in [5.74, 6) is 0.673. The van der Waals surface area contributed by atoms with E-state index >= 15 is 0 Å². The third-order valence-corrected chi connectivity index (χ3v) is 6.41. The van der Waals surface area contributed by atoms with Gasteiger partial charge in [-0.05, 0) is 66.6 Å². The van der Waals surface area contributed by atoms with Crippen molar-refractivity contribution in [2.75, 3.05) is 0 Å². The molecule has 4 nitrogen and oxygen atoms in total. The van der Waals surface area contributed by atoms with E-state index in [2.05, 4.69) is 41.7 Å². The number of nitrogens with two attached hydrogens (primary N) is 1. The van der Waals surface area contributed by atoms with Crippen LogP contribution in [0.5, 0.6) is 5.75 Å². The fourth-order valence-electron chi connectivity index (χ4n) is 4.25. The summed E-state index contributed by atoms with van der Waals surface area (Å²) < 4.78 is 5.99. The summed E-state index contributed by atoms with van der Waals surface area (Å²) in [6.07, 6.45) is 3.94. The third kappa shape index (κ3) is 3.28. The highest BCUT2D eigenvalue weighted by Gasteiger charge is 2.46. The number of aryl methyl sites for hydroxylation is 1. The van der Waals surface area contributed by atoms with Crippen LogP contribution in [0.3, 0.4) is 0 Å². The molecule has 0 aromatic heterocycles. The average Bonchev–Trinajstić information content (AvgIpc) is 3.51. The maximum atomic E-state index is 13.2. The summed E-state index contributed by atoms with van der Waals surface area (Å²) in [6.45, 7) is 1.96. The number of ether oxygens (including phenoxy) is 1. The predicted octanol–water partition coefficient (Wildman–Crippen LogP) is 4.44. The van der Waals surface area contributed by atoms with Gasteiger partial charge in [0.05, 0.1) is 5.54 Å². The SMILES string of the molecule is Cc1ccc(O[C@@H]2CC[C@@H]2N)cc1C(=O)NC1(c2cccc3ccccc23)CC1. The van der Waals surface area contributed by atoms with Gasteiger partial charge in [-0.3, -0.25) is 4.79 Å². The Hall–Kier alpha value is -2.85. The van der Waals surface area contributed by atoms with Crippen molar-refractivity contribution in [2.45, 2.75) is 50.3 Å². The first-order valence-corrected chi connectivity index (χ1v) is 10.4. The molecular weight excluding hydrogens is 360 g/mol. The molecule has 2 aliphatic rings. The van der Waals surface area contributed by atoms with Gasteiger partial charge in [-0.1, -0.05) is 48.5 Å². The number of rotatable bonds is 5. The minimum absolute atomic E-state index is 0.0451. The minimum Gasteiger partial charge on any atom is -0.489 e. The summed E-state index contributed by atoms with van der Waals surface area (Å²) in [5.41, 5.74) is 8.53. The molecule has 5 rings (SSSR count). The number of hydrogen-bond donors (Lipinski definition) is 2. The quantitative estimate of drug-likeness (QED) is 0.681. The average molecular weight is 386 g/mol. The molecule has 0 saturated heterocycles. The van der Waals surface area contributed by atoms with E-state index < -0.39 is 0 Å². The second-order valence-corrected chi connectivity index (χ2v) is 8.44. The van der Waals surface area contributed by atoms with Gasteiger partial charge in [0.25, 0.3) is 5.91 Å². The van der Waals surface area contributed by atoms with E-state index in [4.69, 9.17) is 10.5 Å². The van der Waals surface area contributed by atoms with E-state index in [1.54, 1.807) is 0 Å². The van der Waals surface area contributed by atoms with Crippen LogP contribution in [0.15, 0.2) is 60.7 Å². The predicted molar refractivity (Wildman–Crippen MR) is 115 cm³/mol. The molecule has 0 heterocycles. The number of carbonyl (C=O) groups is 1. The number of carbonyl (C=O) groups excluding carboxylic acids is 1. The molecule has 0 radical (unpaired) electrons. The fraction of sp³-hybridized carbons (Fsp3) is 0.320. The molecule has 1 amide bonds. The summed E-state index contributed by atoms with van der Waals surface area (Å²) in [5, 5.41) is 5.74. The van der Waals surface area contributed by atoms with Crippen LogP contribution in [0.4, 0.5) is 0 Å². The Balaban J connectivity index is 1.41. The van der Waals surface area contributed by atoms with Gasteiger partial charge >= 0.3 is 0 Å². The number of hydrogen-bond acceptors (Lipinski definition) is 3. The van der Waals surface area contributed by atoms with E-state index in [-0.39, 0.29) is 23.6 Å². The van der Waals surface area contributed by atoms with Crippen LogP contribution in [0, 0.1) is 6.92 Å². The lowest BCUT2D eigenvalue weighted by Gasteiger charge is -2.33. The highest BCUT2D eigenvalue weighted by atomic mass is 16.5. The molecule has 0 bridgehead atoms. The maximum absolute atomic E-state index is 13.2. The lowest BCUT2D eigenvalue weighted by molar-refractivity contribution is 0.0904. The zero-order chi connectivity index (χ0) is 20.0. The van der Waals surface area contributed by atoms with E-state index in [9.17, 15) is 4.79 Å². The minimum atomic E-state index is -0.280. The van der Waals surface area contributed by atoms with Crippen LogP contribution in [0.25, 0.3) is 10.8 Å². The van der Waals surface area contributed by atoms with Crippen molar-refractivity contribution in [2.24, 2.45) is 5.73 Å². The number of fused-ring (bicyclic) bond motifs is 1. The monoisotopic (exact) mass is 386 g/mol. The van der Waals surface area contributed by atoms with Crippen LogP contribution < -0.4 is 15.8 Å². The molecule has 3 aromatic carbocycles. The number of nitrogens with one attached hydrogen (secondary N) is 1. The van der Waals surface area contributed by atoms with Crippen molar-refractivity contribution < 1.29 is 9.53 Å². The lowest BCUT2D eigenvalue weighted by atomic mass is 9.90. The van der Waals surface area contributed by atoms with Crippen molar-refractivity contribution in [1.82, 2.24) is 5.32 Å². The Morgan fingerprint density at radius 3 is 2.59 bits per heavy atom. The highest BCUT2D eigenvalue weighted by Crippen LogP contribution is 2.48. The van der Waals surface area contributed by atoms with Crippen LogP contribution in [0.2, 0.25) is 0 Å². The lowest BCUT2D eigenvalue weighted by Crippen LogP contribution is -2.47. The van der Waals surface area contributed by atoms with Gasteiger partial charge in [-0.2, -0.15) is 0 Å². The summed E-state index contributed by atoms with van der Waals surface area (Å²) in [4.78, 5) is 13.2. The summed E-state index contributed by atoms with van der Waals surface area (Å²) >= 11 is 0. The molecule has 148 valence electrons. The van der Waals surface area contributed by atoms with Gasteiger partial charge in [0, 0.05) is 11.6 Å². The van der Waals surface area contributed by atoms with E-state index in [1.807, 2.05) is 31.2 Å².